The van der Waals surface area contributed by atoms with Crippen LogP contribution in [0.3, 0.4) is 0 Å². The molecule has 0 aliphatic carbocycles. The highest BCUT2D eigenvalue weighted by molar-refractivity contribution is 5.78. The van der Waals surface area contributed by atoms with Gasteiger partial charge < -0.3 is 205 Å². The molecule has 7 aliphatic rings. The molecule has 0 unspecified atom stereocenters. The lowest BCUT2D eigenvalue weighted by atomic mass is 9.88. The van der Waals surface area contributed by atoms with Crippen molar-refractivity contribution in [3.05, 3.63) is 0 Å². The monoisotopic (exact) mass is 1620 g/mol. The highest BCUT2D eigenvalue weighted by Gasteiger charge is 2.62. The van der Waals surface area contributed by atoms with Gasteiger partial charge in [-0.3, -0.25) is 24.0 Å². The zero-order valence-corrected chi connectivity index (χ0v) is 60.4. The fourth-order valence-corrected chi connectivity index (χ4v) is 13.8. The molecule has 0 saturated carbocycles. The Labute approximate surface area is 630 Å². The summed E-state index contributed by atoms with van der Waals surface area (Å²) in [4.78, 5) is 88.1. The predicted octanol–water partition coefficient (Wildman–Crippen LogP) is -15.5. The molecular formula is C63H104N4O44. The molecule has 7 saturated heterocycles. The van der Waals surface area contributed by atoms with Crippen molar-refractivity contribution in [2.24, 2.45) is 0 Å². The summed E-state index contributed by atoms with van der Waals surface area (Å²) in [5.41, 5.74) is 0. The summed E-state index contributed by atoms with van der Waals surface area (Å²) in [6, 6.07) is -7.15. The van der Waals surface area contributed by atoms with E-state index in [2.05, 4.69) is 21.3 Å². The van der Waals surface area contributed by atoms with Gasteiger partial charge in [0.15, 0.2) is 31.5 Å². The third-order valence-electron chi connectivity index (χ3n) is 19.6. The summed E-state index contributed by atoms with van der Waals surface area (Å²) in [7, 11) is 1.18. The Balaban J connectivity index is 1.13. The molecule has 7 rings (SSSR count). The van der Waals surface area contributed by atoms with E-state index in [-0.39, 0.29) is 25.9 Å². The molecule has 37 atom stereocenters. The van der Waals surface area contributed by atoms with Crippen LogP contribution in [-0.4, -0.2) is 440 Å². The Morgan fingerprint density at radius 1 is 0.414 bits per heavy atom. The van der Waals surface area contributed by atoms with Crippen molar-refractivity contribution < 1.29 is 217 Å². The third-order valence-corrected chi connectivity index (χ3v) is 19.6. The minimum atomic E-state index is -3.04. The van der Waals surface area contributed by atoms with Gasteiger partial charge in [-0.25, -0.2) is 9.59 Å². The number of aliphatic hydroxyl groups excluding tert-OH is 20. The van der Waals surface area contributed by atoms with Crippen molar-refractivity contribution in [1.29, 1.82) is 0 Å². The minimum Gasteiger partial charge on any atom is -0.477 e. The normalized spacial score (nSPS) is 41.9. The SMILES string of the molecule is COC(=O)CCCCCO[C@@H]1O[C@H](CO)[C@H](O[C@@H]2O[C@H](CO)[C@@H](O[C@@H]3O[C@H](CO[C@]4(C(=O)O)C[C@@H](O)[C@H](NC(C)=O)[C@@H]([C@@H](O)[C@@H](O)CO)O4)[C@H](O)[C@H](O)[C@H]3O)[C@H](O)[C@H]2NC(C)=O)[C@H](O)[C@H]1O[C@@H]1O[C@H](CO)[C@@H](O[C@@H]2O[C@H](CO[C@]3(C(=O)O)C[C@H](O)[C@@H](NC(C)=O)[C@H]([C@H](O)[C@H](O)CO)O3)[C@H](O)[C@H](O)[C@H]2O)[C@H](O)[C@H]1NC(C)=O. The summed E-state index contributed by atoms with van der Waals surface area (Å²) in [5, 5.41) is 251. The fraction of sp³-hybridized carbons (Fsp3) is 0.889. The summed E-state index contributed by atoms with van der Waals surface area (Å²) >= 11 is 0. The predicted molar refractivity (Wildman–Crippen MR) is 347 cm³/mol. The number of carbonyl (C=O) groups excluding carboxylic acids is 5. The fourth-order valence-electron chi connectivity index (χ4n) is 13.8. The number of esters is 1. The number of carboxylic acid groups (broad SMARTS) is 2. The summed E-state index contributed by atoms with van der Waals surface area (Å²) in [6.07, 6.45) is -66.5. The van der Waals surface area contributed by atoms with Crippen LogP contribution in [0.4, 0.5) is 0 Å². The number of nitrogens with one attached hydrogen (secondary N) is 4. The second-order valence-electron chi connectivity index (χ2n) is 27.7. The molecule has 4 amide bonds. The average molecular weight is 1620 g/mol. The van der Waals surface area contributed by atoms with Crippen molar-refractivity contribution in [2.45, 2.75) is 292 Å². The van der Waals surface area contributed by atoms with Crippen LogP contribution in [0.5, 0.6) is 0 Å². The number of carbonyl (C=O) groups is 7. The largest absolute Gasteiger partial charge is 0.477 e. The van der Waals surface area contributed by atoms with E-state index in [4.69, 9.17) is 71.1 Å². The molecule has 7 aliphatic heterocycles. The molecule has 7 heterocycles. The van der Waals surface area contributed by atoms with E-state index in [1.165, 1.54) is 7.11 Å². The van der Waals surface area contributed by atoms with Gasteiger partial charge in [0, 0.05) is 53.6 Å². The van der Waals surface area contributed by atoms with E-state index in [0.717, 1.165) is 27.7 Å². The number of ether oxygens (including phenoxy) is 15. The molecule has 0 aromatic carbocycles. The van der Waals surface area contributed by atoms with Crippen LogP contribution in [0.1, 0.15) is 66.2 Å². The van der Waals surface area contributed by atoms with Crippen molar-refractivity contribution in [3.63, 3.8) is 0 Å². The zero-order valence-electron chi connectivity index (χ0n) is 60.4. The molecule has 0 aromatic rings. The second-order valence-corrected chi connectivity index (χ2v) is 27.7. The molecule has 48 heteroatoms. The molecule has 0 radical (unpaired) electrons. The zero-order chi connectivity index (χ0) is 82.6. The van der Waals surface area contributed by atoms with E-state index in [1.54, 1.807) is 0 Å². The first-order chi connectivity index (χ1) is 52.3. The molecule has 0 spiro atoms. The number of rotatable bonds is 36. The topological polar surface area (TPSA) is 751 Å². The van der Waals surface area contributed by atoms with Crippen LogP contribution in [0.2, 0.25) is 0 Å². The summed E-state index contributed by atoms with van der Waals surface area (Å²) < 4.78 is 87.4. The number of amides is 4. The molecule has 111 heavy (non-hydrogen) atoms. The van der Waals surface area contributed by atoms with Gasteiger partial charge in [-0.05, 0) is 12.8 Å². The third kappa shape index (κ3) is 22.2. The Bertz CT molecular complexity index is 3010. The molecule has 26 N–H and O–H groups in total. The lowest BCUT2D eigenvalue weighted by Gasteiger charge is -2.51. The van der Waals surface area contributed by atoms with Gasteiger partial charge in [-0.15, -0.1) is 0 Å². The number of unbranched alkanes of at least 4 members (excludes halogenated alkanes) is 2. The van der Waals surface area contributed by atoms with Gasteiger partial charge in [0.25, 0.3) is 11.6 Å². The van der Waals surface area contributed by atoms with Crippen LogP contribution in [-0.2, 0) is 105 Å². The molecule has 0 bridgehead atoms. The number of methoxy groups -OCH3 is 1. The molecule has 7 fully saturated rings. The highest BCUT2D eigenvalue weighted by atomic mass is 16.8. The van der Waals surface area contributed by atoms with Crippen molar-refractivity contribution in [2.75, 3.05) is 60.0 Å². The van der Waals surface area contributed by atoms with Crippen LogP contribution >= 0.6 is 0 Å². The first-order valence-corrected chi connectivity index (χ1v) is 35.3. The van der Waals surface area contributed by atoms with Crippen LogP contribution < -0.4 is 21.3 Å². The molecule has 640 valence electrons. The first kappa shape index (κ1) is 93.1. The Kier molecular flexibility index (Phi) is 34.5. The number of aliphatic carboxylic acids is 2. The number of hydrogen-bond donors (Lipinski definition) is 26. The van der Waals surface area contributed by atoms with Gasteiger partial charge in [0.1, 0.15) is 159 Å². The molecule has 0 aromatic heterocycles. The second kappa shape index (κ2) is 41.2. The average Bonchev–Trinajstić information content (AvgIpc) is 0.773. The first-order valence-electron chi connectivity index (χ1n) is 35.3. The Hall–Kier alpha value is -5.07. The minimum absolute atomic E-state index is 0.00864. The van der Waals surface area contributed by atoms with E-state index >= 15 is 0 Å². The van der Waals surface area contributed by atoms with Gasteiger partial charge >= 0.3 is 17.9 Å². The van der Waals surface area contributed by atoms with Gasteiger partial charge in [-0.2, -0.15) is 0 Å². The lowest BCUT2D eigenvalue weighted by Crippen LogP contribution is -2.71. The Morgan fingerprint density at radius 3 is 1.11 bits per heavy atom. The van der Waals surface area contributed by atoms with E-state index in [1.807, 2.05) is 0 Å². The maximum Gasteiger partial charge on any atom is 0.364 e. The standard InChI is InChI=1S/C63H104N4O44/c1-20(73)64-34-24(77)11-62(60(93)94,110-52(34)38(82)26(79)13-68)99-18-31-40(84)44(88)46(90)57(104-31)107-49-28(15-70)101-55(36(42(49)86)66-22(3)75)106-51-30(17-72)103-59(98-10-8-6-7-9-33(81)97-5)54(48(51)92)109-56-37(67-23(4)76)43(87)50(29(16-71)102-56)108-58-47(91)45(89)41(85)32(105-58)19-100-63(61(95)96)12-25(78)35(65-21(2)74)53(111-63)39(83)27(80)14-69/h24-32,34-59,68-72,77-80,82-92H,6-19H2,1-5H3,(H,64,73)(H,65,74)(H,66,75)(H,67,76)(H,93,94)(H,95,96)/t24-,25+,26+,27-,28-,29-,30-,31-,32-,34+,35-,36-,37-,38+,39-,40+,41+,42-,43-,44+,45+,46-,47-,48+,49-,50-,51+,52+,53-,54-,55+,56+,57+,58+,59-,62-,63-/m1/s1. The maximum atomic E-state index is 13.1. The summed E-state index contributed by atoms with van der Waals surface area (Å²) in [6.45, 7) is -4.46. The van der Waals surface area contributed by atoms with Gasteiger partial charge in [0.05, 0.1) is 77.6 Å². The van der Waals surface area contributed by atoms with Crippen LogP contribution in [0.15, 0.2) is 0 Å². The van der Waals surface area contributed by atoms with E-state index in [9.17, 15) is 146 Å². The smallest absolute Gasteiger partial charge is 0.364 e. The van der Waals surface area contributed by atoms with Gasteiger partial charge in [-0.1, -0.05) is 6.42 Å². The van der Waals surface area contributed by atoms with Gasteiger partial charge in [0.2, 0.25) is 23.6 Å². The highest BCUT2D eigenvalue weighted by Crippen LogP contribution is 2.41. The number of hydrogen-bond acceptors (Lipinski definition) is 42. The summed E-state index contributed by atoms with van der Waals surface area (Å²) in [5.74, 6) is -14.2. The molecule has 48 nitrogen and oxygen atoms in total. The van der Waals surface area contributed by atoms with Crippen LogP contribution in [0, 0.1) is 0 Å². The van der Waals surface area contributed by atoms with Crippen molar-refractivity contribution in [3.8, 4) is 0 Å². The number of carboxylic acids is 2. The van der Waals surface area contributed by atoms with Crippen LogP contribution in [0.25, 0.3) is 0 Å². The molecular weight excluding hydrogens is 1520 g/mol. The van der Waals surface area contributed by atoms with Crippen molar-refractivity contribution in [1.82, 2.24) is 21.3 Å². The lowest BCUT2D eigenvalue weighted by molar-refractivity contribution is -0.389. The Morgan fingerprint density at radius 2 is 0.757 bits per heavy atom. The van der Waals surface area contributed by atoms with E-state index < -0.39 is 327 Å². The quantitative estimate of drug-likeness (QED) is 0.0205. The number of aliphatic hydroxyl groups is 20. The maximum absolute atomic E-state index is 13.1. The van der Waals surface area contributed by atoms with E-state index in [0.29, 0.717) is 6.42 Å². The van der Waals surface area contributed by atoms with Crippen molar-refractivity contribution >= 4 is 41.5 Å².